The van der Waals surface area contributed by atoms with E-state index in [-0.39, 0.29) is 21.8 Å². The lowest BCUT2D eigenvalue weighted by atomic mass is 9.91. The van der Waals surface area contributed by atoms with Crippen LogP contribution in [-0.4, -0.2) is 55.5 Å². The molecule has 2 aromatic heterocycles. The van der Waals surface area contributed by atoms with Gasteiger partial charge in [-0.25, -0.2) is 5.10 Å². The number of fused-ring (bicyclic) bond motifs is 1. The number of hydrogen-bond donors (Lipinski definition) is 2. The third kappa shape index (κ3) is 4.61. The molecule has 0 saturated heterocycles. The summed E-state index contributed by atoms with van der Waals surface area (Å²) in [5.74, 6) is 1.38. The third-order valence-corrected chi connectivity index (χ3v) is 6.32. The van der Waals surface area contributed by atoms with Crippen molar-refractivity contribution in [1.82, 2.24) is 35.5 Å². The second-order valence-corrected chi connectivity index (χ2v) is 10.3. The number of ether oxygens (including phenoxy) is 1. The van der Waals surface area contributed by atoms with Gasteiger partial charge in [-0.2, -0.15) is 9.83 Å². The van der Waals surface area contributed by atoms with E-state index in [9.17, 15) is 5.11 Å². The highest BCUT2D eigenvalue weighted by atomic mass is 16.7. The molecule has 1 atom stereocenters. The number of nitrogens with one attached hydrogen (secondary N) is 1. The lowest BCUT2D eigenvalue weighted by molar-refractivity contribution is -0.0927. The highest BCUT2D eigenvalue weighted by Gasteiger charge is 2.52. The smallest absolute Gasteiger partial charge is 0.299 e. The average Bonchev–Trinajstić information content (AvgIpc) is 3.52. The molecule has 0 fully saturated rings. The van der Waals surface area contributed by atoms with Gasteiger partial charge in [0.15, 0.2) is 5.82 Å². The first-order chi connectivity index (χ1) is 18.3. The van der Waals surface area contributed by atoms with Gasteiger partial charge in [-0.1, -0.05) is 73.9 Å². The predicted octanol–water partition coefficient (Wildman–Crippen LogP) is 4.98. The number of rotatable bonds is 8. The van der Waals surface area contributed by atoms with Gasteiger partial charge in [0.25, 0.3) is 17.4 Å². The van der Waals surface area contributed by atoms with Crippen molar-refractivity contribution in [3.8, 4) is 34.3 Å². The number of amidine groups is 1. The minimum Gasteiger partial charge on any atom is -0.488 e. The Balaban J connectivity index is 1.57. The number of aromatic nitrogens is 6. The van der Waals surface area contributed by atoms with Crippen molar-refractivity contribution in [2.45, 2.75) is 40.7 Å². The van der Waals surface area contributed by atoms with E-state index < -0.39 is 0 Å². The summed E-state index contributed by atoms with van der Waals surface area (Å²) in [6.45, 7) is 9.14. The Labute approximate surface area is 220 Å². The van der Waals surface area contributed by atoms with Gasteiger partial charge in [0, 0.05) is 11.1 Å². The quantitative estimate of drug-likeness (QED) is 0.314. The number of tetrazole rings is 1. The van der Waals surface area contributed by atoms with Crippen LogP contribution in [0.2, 0.25) is 0 Å². The molecule has 0 aliphatic carbocycles. The summed E-state index contributed by atoms with van der Waals surface area (Å²) in [4.78, 5) is 11.3. The molecule has 2 aromatic carbocycles. The standard InChI is InChI=1S/C27H30N8O3/c1-6-38-35(21(15-27(2,3)4)28-22-23(35)25(36)31-32-26(22)37-5)16-17-11-13-18(14-12-17)19-9-7-8-10-20(19)24-29-33-34-30-24/h7-14H,6,15-16H2,1-5H3,(H-,29,30,31,33,34,36)/p+1. The summed E-state index contributed by atoms with van der Waals surface area (Å²) in [5, 5.41) is 33.2. The van der Waals surface area contributed by atoms with Crippen LogP contribution in [-0.2, 0) is 11.4 Å². The van der Waals surface area contributed by atoms with Gasteiger partial charge in [0.1, 0.15) is 13.2 Å². The molecule has 1 aliphatic rings. The molecule has 11 nitrogen and oxygen atoms in total. The van der Waals surface area contributed by atoms with Crippen molar-refractivity contribution < 1.29 is 14.7 Å². The summed E-state index contributed by atoms with van der Waals surface area (Å²) >= 11 is 0. The van der Waals surface area contributed by atoms with Crippen LogP contribution in [0.25, 0.3) is 22.5 Å². The van der Waals surface area contributed by atoms with Crippen LogP contribution in [0.4, 0.5) is 11.4 Å². The molecule has 1 unspecified atom stereocenters. The average molecular weight is 516 g/mol. The van der Waals surface area contributed by atoms with Crippen LogP contribution in [0, 0.1) is 5.41 Å². The van der Waals surface area contributed by atoms with E-state index in [1.807, 2.05) is 31.2 Å². The van der Waals surface area contributed by atoms with Crippen LogP contribution in [0.3, 0.4) is 0 Å². The number of aliphatic imine (C=N–C) groups is 1. The highest BCUT2D eigenvalue weighted by molar-refractivity contribution is 6.03. The molecule has 38 heavy (non-hydrogen) atoms. The molecule has 4 aromatic rings. The second kappa shape index (κ2) is 9.92. The zero-order chi connectivity index (χ0) is 26.9. The van der Waals surface area contributed by atoms with E-state index in [1.165, 1.54) is 7.11 Å². The zero-order valence-electron chi connectivity index (χ0n) is 22.1. The van der Waals surface area contributed by atoms with Crippen molar-refractivity contribution in [1.29, 1.82) is 0 Å². The molecule has 0 radical (unpaired) electrons. The van der Waals surface area contributed by atoms with Gasteiger partial charge in [-0.15, -0.1) is 15.3 Å². The van der Waals surface area contributed by atoms with Crippen molar-refractivity contribution in [2.24, 2.45) is 10.4 Å². The first-order valence-corrected chi connectivity index (χ1v) is 12.4. The maximum atomic E-state index is 10.9. The Kier molecular flexibility index (Phi) is 6.64. The summed E-state index contributed by atoms with van der Waals surface area (Å²) in [6, 6.07) is 16.2. The number of methoxy groups -OCH3 is 1. The van der Waals surface area contributed by atoms with Gasteiger partial charge < -0.3 is 9.84 Å². The van der Waals surface area contributed by atoms with Crippen molar-refractivity contribution in [3.63, 3.8) is 0 Å². The molecule has 0 amide bonds. The van der Waals surface area contributed by atoms with E-state index in [2.05, 4.69) is 75.9 Å². The maximum Gasteiger partial charge on any atom is 0.299 e. The molecule has 0 bridgehead atoms. The molecule has 5 rings (SSSR count). The van der Waals surface area contributed by atoms with Crippen molar-refractivity contribution in [2.75, 3.05) is 13.7 Å². The van der Waals surface area contributed by atoms with Crippen LogP contribution in [0.5, 0.6) is 11.8 Å². The fraction of sp³-hybridized carbons (Fsp3) is 0.333. The molecule has 1 aliphatic heterocycles. The number of quaternary nitrogens is 1. The van der Waals surface area contributed by atoms with Crippen LogP contribution < -0.4 is 9.38 Å². The Morgan fingerprint density at radius 1 is 0.974 bits per heavy atom. The Morgan fingerprint density at radius 2 is 1.71 bits per heavy atom. The van der Waals surface area contributed by atoms with Crippen LogP contribution in [0.15, 0.2) is 53.5 Å². The first kappa shape index (κ1) is 25.4. The largest absolute Gasteiger partial charge is 0.488 e. The maximum absolute atomic E-state index is 10.9. The topological polar surface area (TPSA) is 131 Å². The zero-order valence-corrected chi connectivity index (χ0v) is 22.1. The fourth-order valence-electron chi connectivity index (χ4n) is 4.78. The van der Waals surface area contributed by atoms with Gasteiger partial charge >= 0.3 is 0 Å². The Bertz CT molecular complexity index is 1460. The Morgan fingerprint density at radius 3 is 2.34 bits per heavy atom. The van der Waals surface area contributed by atoms with E-state index in [0.29, 0.717) is 36.8 Å². The SMILES string of the molecule is CCO[N+]1(Cc2ccc(-c3ccccc3-c3nnn[nH]3)cc2)C(CC(C)(C)C)=Nc2c(OC)nnc(O)c21. The summed E-state index contributed by atoms with van der Waals surface area (Å²) < 4.78 is 5.33. The molecule has 196 valence electrons. The van der Waals surface area contributed by atoms with Crippen molar-refractivity contribution >= 4 is 17.2 Å². The molecule has 11 heteroatoms. The van der Waals surface area contributed by atoms with E-state index in [4.69, 9.17) is 14.6 Å². The normalized spacial score (nSPS) is 16.8. The molecule has 2 N–H and O–H groups in total. The highest BCUT2D eigenvalue weighted by Crippen LogP contribution is 2.52. The monoisotopic (exact) mass is 515 g/mol. The van der Waals surface area contributed by atoms with Gasteiger partial charge in [-0.05, 0) is 33.9 Å². The number of aromatic amines is 1. The number of aromatic hydroxyl groups is 1. The summed E-state index contributed by atoms with van der Waals surface area (Å²) in [5.41, 5.74) is 4.71. The van der Waals surface area contributed by atoms with Gasteiger partial charge in [0.2, 0.25) is 11.5 Å². The molecular weight excluding hydrogens is 484 g/mol. The van der Waals surface area contributed by atoms with Crippen LogP contribution in [0.1, 0.15) is 39.7 Å². The fourth-order valence-corrected chi connectivity index (χ4v) is 4.78. The Hall–Kier alpha value is -4.22. The number of hydroxylamine groups is 2. The van der Waals surface area contributed by atoms with Gasteiger partial charge in [0.05, 0.1) is 13.5 Å². The lowest BCUT2D eigenvalue weighted by Gasteiger charge is -2.33. The number of hydrogen-bond acceptors (Lipinski definition) is 9. The minimum absolute atomic E-state index is 0.0890. The number of benzene rings is 2. The van der Waals surface area contributed by atoms with E-state index in [0.717, 1.165) is 28.1 Å². The summed E-state index contributed by atoms with van der Waals surface area (Å²) in [6.07, 6.45) is 0.626. The number of H-pyrrole nitrogens is 1. The lowest BCUT2D eigenvalue weighted by Crippen LogP contribution is -2.52. The minimum atomic E-state index is -0.229. The van der Waals surface area contributed by atoms with Crippen molar-refractivity contribution in [3.05, 3.63) is 54.1 Å². The first-order valence-electron chi connectivity index (χ1n) is 12.4. The second-order valence-electron chi connectivity index (χ2n) is 10.3. The molecule has 3 heterocycles. The molecular formula is C27H31N8O3+. The van der Waals surface area contributed by atoms with E-state index >= 15 is 0 Å². The number of nitrogens with zero attached hydrogens (tertiary/aromatic N) is 7. The summed E-state index contributed by atoms with van der Waals surface area (Å²) in [7, 11) is 1.51. The molecule has 0 saturated carbocycles. The van der Waals surface area contributed by atoms with E-state index in [1.54, 1.807) is 0 Å². The third-order valence-electron chi connectivity index (χ3n) is 6.32. The predicted molar refractivity (Wildman–Crippen MR) is 144 cm³/mol. The molecule has 0 spiro atoms. The van der Waals surface area contributed by atoms with Crippen LogP contribution >= 0.6 is 0 Å². The van der Waals surface area contributed by atoms with Gasteiger partial charge in [-0.3, -0.25) is 0 Å².